The highest BCUT2D eigenvalue weighted by Crippen LogP contribution is 2.18. The average molecular weight is 381 g/mol. The molecule has 4 N–H and O–H groups in total. The van der Waals surface area contributed by atoms with E-state index in [9.17, 15) is 9.59 Å². The molecule has 9 nitrogen and oxygen atoms in total. The summed E-state index contributed by atoms with van der Waals surface area (Å²) in [7, 11) is 0. The molecule has 0 aliphatic rings. The number of nitrogens with zero attached hydrogens (tertiary/aromatic N) is 4. The molecule has 0 unspecified atom stereocenters. The molecule has 2 amide bonds. The van der Waals surface area contributed by atoms with E-state index in [1.807, 2.05) is 13.8 Å². The van der Waals surface area contributed by atoms with Crippen molar-refractivity contribution in [2.75, 3.05) is 10.6 Å². The minimum absolute atomic E-state index is 0.125. The van der Waals surface area contributed by atoms with Crippen molar-refractivity contribution in [3.63, 3.8) is 0 Å². The van der Waals surface area contributed by atoms with Crippen molar-refractivity contribution in [2.45, 2.75) is 40.2 Å². The van der Waals surface area contributed by atoms with Crippen LogP contribution in [0.2, 0.25) is 0 Å². The number of carbonyl (C=O) groups is 2. The monoisotopic (exact) mass is 381 g/mol. The Balaban J connectivity index is 1.70. The predicted octanol–water partition coefficient (Wildman–Crippen LogP) is 1.73. The molecule has 9 heteroatoms. The third-order valence-corrected chi connectivity index (χ3v) is 4.34. The van der Waals surface area contributed by atoms with Gasteiger partial charge in [0, 0.05) is 36.1 Å². The second kappa shape index (κ2) is 8.13. The molecule has 0 bridgehead atoms. The van der Waals surface area contributed by atoms with Gasteiger partial charge in [0.15, 0.2) is 5.82 Å². The number of fused-ring (bicyclic) bond motifs is 1. The summed E-state index contributed by atoms with van der Waals surface area (Å²) in [6.07, 6.45) is 0.813. The quantitative estimate of drug-likeness (QED) is 0.597. The van der Waals surface area contributed by atoms with Crippen molar-refractivity contribution in [1.82, 2.24) is 19.6 Å². The zero-order valence-corrected chi connectivity index (χ0v) is 16.1. The lowest BCUT2D eigenvalue weighted by Gasteiger charge is -2.11. The van der Waals surface area contributed by atoms with Crippen LogP contribution in [-0.4, -0.2) is 31.4 Å². The Morgan fingerprint density at radius 1 is 1.14 bits per heavy atom. The molecule has 0 fully saturated rings. The zero-order valence-electron chi connectivity index (χ0n) is 16.1. The number of aromatic nitrogens is 4. The van der Waals surface area contributed by atoms with E-state index in [2.05, 4.69) is 25.7 Å². The number of amides is 2. The Morgan fingerprint density at radius 3 is 2.54 bits per heavy atom. The van der Waals surface area contributed by atoms with Gasteiger partial charge in [-0.3, -0.25) is 9.59 Å². The average Bonchev–Trinajstić information content (AvgIpc) is 3.04. The van der Waals surface area contributed by atoms with Gasteiger partial charge in [0.1, 0.15) is 0 Å². The van der Waals surface area contributed by atoms with Gasteiger partial charge in [-0.15, -0.1) is 5.10 Å². The summed E-state index contributed by atoms with van der Waals surface area (Å²) in [5.41, 5.74) is 9.55. The molecule has 146 valence electrons. The van der Waals surface area contributed by atoms with Crippen LogP contribution in [0.25, 0.3) is 5.78 Å². The lowest BCUT2D eigenvalue weighted by molar-refractivity contribution is -0.116. The van der Waals surface area contributed by atoms with Crippen LogP contribution in [0.4, 0.5) is 11.4 Å². The number of hydrogen-bond donors (Lipinski definition) is 3. The van der Waals surface area contributed by atoms with Crippen molar-refractivity contribution in [2.24, 2.45) is 5.73 Å². The predicted molar refractivity (Wildman–Crippen MR) is 106 cm³/mol. The van der Waals surface area contributed by atoms with Crippen molar-refractivity contribution in [1.29, 1.82) is 0 Å². The van der Waals surface area contributed by atoms with Crippen LogP contribution in [0.1, 0.15) is 36.1 Å². The number of benzene rings is 1. The smallest absolute Gasteiger partial charge is 0.252 e. The fourth-order valence-corrected chi connectivity index (χ4v) is 3.04. The summed E-state index contributed by atoms with van der Waals surface area (Å²) < 4.78 is 1.67. The molecule has 0 spiro atoms. The highest BCUT2D eigenvalue weighted by atomic mass is 16.2. The normalized spacial score (nSPS) is 10.9. The fourth-order valence-electron chi connectivity index (χ4n) is 3.04. The number of carbonyl (C=O) groups excluding carboxylic acids is 2. The van der Waals surface area contributed by atoms with Gasteiger partial charge in [0.25, 0.3) is 5.78 Å². The van der Waals surface area contributed by atoms with Gasteiger partial charge in [0.05, 0.1) is 6.54 Å². The Labute approximate surface area is 162 Å². The van der Waals surface area contributed by atoms with Gasteiger partial charge in [-0.2, -0.15) is 4.98 Å². The highest BCUT2D eigenvalue weighted by Gasteiger charge is 2.14. The molecule has 3 rings (SSSR count). The van der Waals surface area contributed by atoms with Crippen molar-refractivity contribution in [3.8, 4) is 0 Å². The van der Waals surface area contributed by atoms with Gasteiger partial charge in [-0.1, -0.05) is 6.07 Å². The second-order valence-corrected chi connectivity index (χ2v) is 6.52. The molecule has 28 heavy (non-hydrogen) atoms. The van der Waals surface area contributed by atoms with Gasteiger partial charge in [-0.25, -0.2) is 9.50 Å². The number of hydrogen-bond acceptors (Lipinski definition) is 6. The van der Waals surface area contributed by atoms with Crippen LogP contribution in [0, 0.1) is 13.8 Å². The topological polar surface area (TPSA) is 127 Å². The number of anilines is 2. The molecule has 2 heterocycles. The van der Waals surface area contributed by atoms with Crippen LogP contribution in [-0.2, 0) is 22.6 Å². The number of nitrogens with one attached hydrogen (secondary N) is 2. The standard InChI is InChI=1S/C19H23N7O2/c1-11-16(12(2)26-19(21-11)24-17(10-20)25-26)7-8-18(28)23-15-6-4-5-14(9-15)22-13(3)27/h4-6,9H,7-8,10,20H2,1-3H3,(H,22,27)(H,23,28). The number of rotatable bonds is 6. The third kappa shape index (κ3) is 4.32. The third-order valence-electron chi connectivity index (χ3n) is 4.34. The van der Waals surface area contributed by atoms with Gasteiger partial charge in [0.2, 0.25) is 11.8 Å². The Morgan fingerprint density at radius 2 is 1.86 bits per heavy atom. The Kier molecular flexibility index (Phi) is 5.65. The Hall–Kier alpha value is -3.33. The van der Waals surface area contributed by atoms with E-state index >= 15 is 0 Å². The lowest BCUT2D eigenvalue weighted by Crippen LogP contribution is -2.14. The maximum Gasteiger partial charge on any atom is 0.252 e. The highest BCUT2D eigenvalue weighted by molar-refractivity contribution is 5.93. The van der Waals surface area contributed by atoms with E-state index in [-0.39, 0.29) is 24.8 Å². The largest absolute Gasteiger partial charge is 0.326 e. The van der Waals surface area contributed by atoms with Crippen LogP contribution in [0.3, 0.4) is 0 Å². The number of aryl methyl sites for hydroxylation is 2. The van der Waals surface area contributed by atoms with Crippen molar-refractivity contribution < 1.29 is 9.59 Å². The maximum atomic E-state index is 12.4. The summed E-state index contributed by atoms with van der Waals surface area (Å²) in [6.45, 7) is 5.51. The molecule has 2 aromatic heterocycles. The summed E-state index contributed by atoms with van der Waals surface area (Å²) in [5.74, 6) is 0.755. The molecule has 3 aromatic rings. The summed E-state index contributed by atoms with van der Waals surface area (Å²) in [6, 6.07) is 7.02. The van der Waals surface area contributed by atoms with E-state index in [1.54, 1.807) is 28.8 Å². The fraction of sp³-hybridized carbons (Fsp3) is 0.316. The SMILES string of the molecule is CC(=O)Nc1cccc(NC(=O)CCc2c(C)nc3nc(CN)nn3c2C)c1. The number of nitrogens with two attached hydrogens (primary N) is 1. The minimum Gasteiger partial charge on any atom is -0.326 e. The zero-order chi connectivity index (χ0) is 20.3. The van der Waals surface area contributed by atoms with Gasteiger partial charge >= 0.3 is 0 Å². The van der Waals surface area contributed by atoms with E-state index in [0.717, 1.165) is 17.0 Å². The van der Waals surface area contributed by atoms with Gasteiger partial charge in [-0.05, 0) is 44.0 Å². The first-order valence-corrected chi connectivity index (χ1v) is 8.96. The minimum atomic E-state index is -0.164. The van der Waals surface area contributed by atoms with Crippen molar-refractivity contribution >= 4 is 29.0 Å². The molecule has 0 saturated heterocycles. The van der Waals surface area contributed by atoms with Gasteiger partial charge < -0.3 is 16.4 Å². The first-order chi connectivity index (χ1) is 13.4. The van der Waals surface area contributed by atoms with Crippen molar-refractivity contribution in [3.05, 3.63) is 47.0 Å². The summed E-state index contributed by atoms with van der Waals surface area (Å²) in [4.78, 5) is 32.3. The molecule has 0 aliphatic heterocycles. The summed E-state index contributed by atoms with van der Waals surface area (Å²) in [5, 5.41) is 9.89. The molecule has 1 aromatic carbocycles. The first kappa shape index (κ1) is 19.4. The van der Waals surface area contributed by atoms with Crippen LogP contribution < -0.4 is 16.4 Å². The summed E-state index contributed by atoms with van der Waals surface area (Å²) >= 11 is 0. The van der Waals surface area contributed by atoms with E-state index < -0.39 is 0 Å². The molecule has 0 saturated carbocycles. The molecular formula is C19H23N7O2. The lowest BCUT2D eigenvalue weighted by atomic mass is 10.1. The van der Waals surface area contributed by atoms with Crippen LogP contribution in [0.5, 0.6) is 0 Å². The molecule has 0 radical (unpaired) electrons. The van der Waals surface area contributed by atoms with Crippen LogP contribution in [0.15, 0.2) is 24.3 Å². The van der Waals surface area contributed by atoms with E-state index in [0.29, 0.717) is 29.4 Å². The second-order valence-electron chi connectivity index (χ2n) is 6.52. The molecule has 0 atom stereocenters. The molecule has 0 aliphatic carbocycles. The van der Waals surface area contributed by atoms with Crippen LogP contribution >= 0.6 is 0 Å². The maximum absolute atomic E-state index is 12.4. The molecular weight excluding hydrogens is 358 g/mol. The van der Waals surface area contributed by atoms with E-state index in [1.165, 1.54) is 6.92 Å². The Bertz CT molecular complexity index is 1040. The van der Waals surface area contributed by atoms with E-state index in [4.69, 9.17) is 5.73 Å². The first-order valence-electron chi connectivity index (χ1n) is 8.96.